The van der Waals surface area contributed by atoms with E-state index < -0.39 is 5.82 Å². The lowest BCUT2D eigenvalue weighted by atomic mass is 9.99. The average Bonchev–Trinajstić information content (AvgIpc) is 2.42. The van der Waals surface area contributed by atoms with Gasteiger partial charge in [-0.2, -0.15) is 0 Å². The smallest absolute Gasteiger partial charge is 0.257 e. The van der Waals surface area contributed by atoms with Crippen molar-refractivity contribution in [2.24, 2.45) is 5.92 Å². The molecule has 0 bridgehead atoms. The zero-order valence-electron chi connectivity index (χ0n) is 10.9. The molecule has 2 rings (SSSR count). The van der Waals surface area contributed by atoms with Crippen molar-refractivity contribution < 1.29 is 19.0 Å². The van der Waals surface area contributed by atoms with Crippen LogP contribution in [0, 0.1) is 11.7 Å². The fraction of sp³-hybridized carbons (Fsp3) is 0.500. The molecular weight excluding hydrogens is 249 g/mol. The SMILES string of the molecule is CN(CC1CCOCC1)C(=O)c1cc(F)ccc1O. The molecule has 0 atom stereocenters. The highest BCUT2D eigenvalue weighted by atomic mass is 19.1. The van der Waals surface area contributed by atoms with Crippen LogP contribution < -0.4 is 0 Å². The molecule has 0 saturated carbocycles. The number of hydrogen-bond donors (Lipinski definition) is 1. The molecule has 1 amide bonds. The second-order valence-corrected chi connectivity index (χ2v) is 4.90. The number of nitrogens with zero attached hydrogens (tertiary/aromatic N) is 1. The Morgan fingerprint density at radius 1 is 1.47 bits per heavy atom. The fourth-order valence-corrected chi connectivity index (χ4v) is 2.28. The quantitative estimate of drug-likeness (QED) is 0.911. The highest BCUT2D eigenvalue weighted by Crippen LogP contribution is 2.21. The third-order valence-electron chi connectivity index (χ3n) is 3.41. The Morgan fingerprint density at radius 3 is 2.84 bits per heavy atom. The molecule has 104 valence electrons. The lowest BCUT2D eigenvalue weighted by Gasteiger charge is -2.27. The van der Waals surface area contributed by atoms with E-state index in [0.717, 1.165) is 38.2 Å². The topological polar surface area (TPSA) is 49.8 Å². The second kappa shape index (κ2) is 6.02. The van der Waals surface area contributed by atoms with Crippen LogP contribution in [0.25, 0.3) is 0 Å². The first-order valence-electron chi connectivity index (χ1n) is 6.39. The molecule has 4 nitrogen and oxygen atoms in total. The van der Waals surface area contributed by atoms with Crippen LogP contribution >= 0.6 is 0 Å². The van der Waals surface area contributed by atoms with E-state index in [1.165, 1.54) is 11.0 Å². The predicted molar refractivity (Wildman–Crippen MR) is 68.6 cm³/mol. The maximum Gasteiger partial charge on any atom is 0.257 e. The molecule has 5 heteroatoms. The van der Waals surface area contributed by atoms with Crippen LogP contribution in [0.1, 0.15) is 23.2 Å². The van der Waals surface area contributed by atoms with E-state index in [2.05, 4.69) is 0 Å². The minimum atomic E-state index is -0.527. The van der Waals surface area contributed by atoms with Crippen LogP contribution in [-0.4, -0.2) is 42.7 Å². The van der Waals surface area contributed by atoms with Crippen molar-refractivity contribution in [3.63, 3.8) is 0 Å². The molecule has 19 heavy (non-hydrogen) atoms. The van der Waals surface area contributed by atoms with Gasteiger partial charge in [0.25, 0.3) is 5.91 Å². The zero-order chi connectivity index (χ0) is 13.8. The average molecular weight is 267 g/mol. The second-order valence-electron chi connectivity index (χ2n) is 4.90. The summed E-state index contributed by atoms with van der Waals surface area (Å²) in [6, 6.07) is 3.40. The summed E-state index contributed by atoms with van der Waals surface area (Å²) < 4.78 is 18.4. The van der Waals surface area contributed by atoms with Crippen LogP contribution in [-0.2, 0) is 4.74 Å². The van der Waals surface area contributed by atoms with Crippen molar-refractivity contribution in [1.29, 1.82) is 0 Å². The van der Waals surface area contributed by atoms with Crippen molar-refractivity contribution in [3.05, 3.63) is 29.6 Å². The third-order valence-corrected chi connectivity index (χ3v) is 3.41. The zero-order valence-corrected chi connectivity index (χ0v) is 10.9. The Hall–Kier alpha value is -1.62. The van der Waals surface area contributed by atoms with Crippen LogP contribution in [0.4, 0.5) is 4.39 Å². The number of hydrogen-bond acceptors (Lipinski definition) is 3. The van der Waals surface area contributed by atoms with E-state index in [0.29, 0.717) is 12.5 Å². The molecule has 1 aliphatic heterocycles. The summed E-state index contributed by atoms with van der Waals surface area (Å²) in [4.78, 5) is 13.7. The van der Waals surface area contributed by atoms with Gasteiger partial charge in [-0.15, -0.1) is 0 Å². The summed E-state index contributed by atoms with van der Waals surface area (Å²) in [6.45, 7) is 2.04. The molecule has 1 fully saturated rings. The number of aromatic hydroxyl groups is 1. The van der Waals surface area contributed by atoms with Crippen molar-refractivity contribution in [3.8, 4) is 5.75 Å². The summed E-state index contributed by atoms with van der Waals surface area (Å²) >= 11 is 0. The van der Waals surface area contributed by atoms with Gasteiger partial charge in [-0.05, 0) is 37.0 Å². The lowest BCUT2D eigenvalue weighted by molar-refractivity contribution is 0.0496. The molecule has 0 unspecified atom stereocenters. The molecule has 1 aliphatic rings. The number of amides is 1. The normalized spacial score (nSPS) is 16.3. The van der Waals surface area contributed by atoms with E-state index in [1.54, 1.807) is 7.05 Å². The Labute approximate surface area is 111 Å². The number of carbonyl (C=O) groups is 1. The summed E-state index contributed by atoms with van der Waals surface area (Å²) in [5.41, 5.74) is 0.00885. The largest absolute Gasteiger partial charge is 0.507 e. The van der Waals surface area contributed by atoms with Crippen molar-refractivity contribution in [2.45, 2.75) is 12.8 Å². The van der Waals surface area contributed by atoms with Gasteiger partial charge in [0.2, 0.25) is 0 Å². The monoisotopic (exact) mass is 267 g/mol. The maximum atomic E-state index is 13.1. The van der Waals surface area contributed by atoms with E-state index in [4.69, 9.17) is 4.74 Å². The van der Waals surface area contributed by atoms with E-state index >= 15 is 0 Å². The third kappa shape index (κ3) is 3.44. The van der Waals surface area contributed by atoms with Gasteiger partial charge < -0.3 is 14.7 Å². The molecule has 0 aliphatic carbocycles. The van der Waals surface area contributed by atoms with Gasteiger partial charge in [0.15, 0.2) is 0 Å². The Bertz CT molecular complexity index is 458. The molecule has 0 radical (unpaired) electrons. The number of rotatable bonds is 3. The molecule has 0 spiro atoms. The van der Waals surface area contributed by atoms with Gasteiger partial charge in [0.05, 0.1) is 5.56 Å². The molecule has 1 aromatic carbocycles. The minimum Gasteiger partial charge on any atom is -0.507 e. The summed E-state index contributed by atoms with van der Waals surface area (Å²) in [5.74, 6) is -0.673. The molecule has 1 saturated heterocycles. The molecular formula is C14H18FNO3. The standard InChI is InChI=1S/C14H18FNO3/c1-16(9-10-4-6-19-7-5-10)14(18)12-8-11(15)2-3-13(12)17/h2-3,8,10,17H,4-7,9H2,1H3. The van der Waals surface area contributed by atoms with Gasteiger partial charge in [-0.1, -0.05) is 0 Å². The molecule has 1 aromatic rings. The maximum absolute atomic E-state index is 13.1. The van der Waals surface area contributed by atoms with Crippen LogP contribution in [0.15, 0.2) is 18.2 Å². The van der Waals surface area contributed by atoms with Crippen LogP contribution in [0.2, 0.25) is 0 Å². The highest BCUT2D eigenvalue weighted by molar-refractivity contribution is 5.96. The van der Waals surface area contributed by atoms with Gasteiger partial charge in [0, 0.05) is 26.8 Å². The predicted octanol–water partition coefficient (Wildman–Crippen LogP) is 2.03. The first kappa shape index (κ1) is 13.8. The number of halogens is 1. The van der Waals surface area contributed by atoms with Gasteiger partial charge >= 0.3 is 0 Å². The van der Waals surface area contributed by atoms with Gasteiger partial charge in [-0.3, -0.25) is 4.79 Å². The van der Waals surface area contributed by atoms with Gasteiger partial charge in [-0.25, -0.2) is 4.39 Å². The van der Waals surface area contributed by atoms with Crippen LogP contribution in [0.5, 0.6) is 5.75 Å². The number of phenolic OH excluding ortho intramolecular Hbond substituents is 1. The van der Waals surface area contributed by atoms with Crippen molar-refractivity contribution in [1.82, 2.24) is 4.90 Å². The van der Waals surface area contributed by atoms with E-state index in [9.17, 15) is 14.3 Å². The number of phenols is 1. The first-order valence-corrected chi connectivity index (χ1v) is 6.39. The molecule has 1 N–H and O–H groups in total. The Morgan fingerprint density at radius 2 is 2.16 bits per heavy atom. The highest BCUT2D eigenvalue weighted by Gasteiger charge is 2.21. The van der Waals surface area contributed by atoms with Crippen molar-refractivity contribution in [2.75, 3.05) is 26.8 Å². The van der Waals surface area contributed by atoms with E-state index in [1.807, 2.05) is 0 Å². The molecule has 1 heterocycles. The van der Waals surface area contributed by atoms with Crippen molar-refractivity contribution >= 4 is 5.91 Å². The van der Waals surface area contributed by atoms with Gasteiger partial charge in [0.1, 0.15) is 11.6 Å². The summed E-state index contributed by atoms with van der Waals surface area (Å²) in [7, 11) is 1.67. The fourth-order valence-electron chi connectivity index (χ4n) is 2.28. The Kier molecular flexibility index (Phi) is 4.37. The minimum absolute atomic E-state index is 0.00885. The number of benzene rings is 1. The first-order chi connectivity index (χ1) is 9.08. The number of ether oxygens (including phenoxy) is 1. The summed E-state index contributed by atoms with van der Waals surface area (Å²) in [6.07, 6.45) is 1.85. The summed E-state index contributed by atoms with van der Waals surface area (Å²) in [5, 5.41) is 9.63. The lowest BCUT2D eigenvalue weighted by Crippen LogP contribution is -2.34. The molecule has 0 aromatic heterocycles. The number of carbonyl (C=O) groups excluding carboxylic acids is 1. The van der Waals surface area contributed by atoms with E-state index in [-0.39, 0.29) is 17.2 Å². The Balaban J connectivity index is 2.03. The van der Waals surface area contributed by atoms with Crippen LogP contribution in [0.3, 0.4) is 0 Å².